The lowest BCUT2D eigenvalue weighted by atomic mass is 10.1. The second-order valence-corrected chi connectivity index (χ2v) is 4.20. The molecule has 1 aromatic carbocycles. The Kier molecular flexibility index (Phi) is 3.28. The summed E-state index contributed by atoms with van der Waals surface area (Å²) in [4.78, 5) is 1.93. The molecule has 0 aromatic heterocycles. The molecule has 1 aliphatic carbocycles. The van der Waals surface area contributed by atoms with Gasteiger partial charge >= 0.3 is 0 Å². The molecule has 5 heteroatoms. The third kappa shape index (κ3) is 2.39. The van der Waals surface area contributed by atoms with Crippen LogP contribution in [0.2, 0.25) is 0 Å². The molecule has 0 amide bonds. The van der Waals surface area contributed by atoms with Gasteiger partial charge in [0.1, 0.15) is 11.7 Å². The number of hydrogen-bond donors (Lipinski definition) is 3. The largest absolute Gasteiger partial charge is 0.395 e. The maximum atomic E-state index is 13.7. The Hall–Kier alpha value is -1.62. The fourth-order valence-corrected chi connectivity index (χ4v) is 2.01. The molecule has 0 unspecified atom stereocenters. The molecule has 17 heavy (non-hydrogen) atoms. The van der Waals surface area contributed by atoms with E-state index >= 15 is 0 Å². The van der Waals surface area contributed by atoms with E-state index in [0.717, 1.165) is 12.8 Å². The van der Waals surface area contributed by atoms with E-state index in [4.69, 9.17) is 16.2 Å². The summed E-state index contributed by atoms with van der Waals surface area (Å²) in [5, 5.41) is 16.5. The summed E-state index contributed by atoms with van der Waals surface area (Å²) >= 11 is 0. The Balaban J connectivity index is 2.41. The van der Waals surface area contributed by atoms with Crippen LogP contribution in [0.25, 0.3) is 0 Å². The minimum atomic E-state index is -0.487. The molecule has 0 heterocycles. The Morgan fingerprint density at radius 3 is 2.76 bits per heavy atom. The van der Waals surface area contributed by atoms with Crippen LogP contribution >= 0.6 is 0 Å². The predicted molar refractivity (Wildman–Crippen MR) is 64.9 cm³/mol. The van der Waals surface area contributed by atoms with Crippen LogP contribution in [-0.2, 0) is 0 Å². The molecule has 0 spiro atoms. The minimum absolute atomic E-state index is 0.00432. The van der Waals surface area contributed by atoms with Crippen LogP contribution in [0.15, 0.2) is 18.2 Å². The Morgan fingerprint density at radius 2 is 2.24 bits per heavy atom. The van der Waals surface area contributed by atoms with Crippen molar-refractivity contribution in [1.82, 2.24) is 0 Å². The molecule has 4 N–H and O–H groups in total. The normalized spacial score (nSPS) is 14.7. The summed E-state index contributed by atoms with van der Waals surface area (Å²) in [6.07, 6.45) is 2.07. The second kappa shape index (κ2) is 4.71. The number of aliphatic hydroxyl groups excluding tert-OH is 1. The first-order valence-corrected chi connectivity index (χ1v) is 5.65. The molecule has 1 fully saturated rings. The van der Waals surface area contributed by atoms with E-state index in [1.54, 1.807) is 12.1 Å². The van der Waals surface area contributed by atoms with E-state index in [1.165, 1.54) is 6.07 Å². The molecule has 0 bridgehead atoms. The lowest BCUT2D eigenvalue weighted by Crippen LogP contribution is -2.31. The van der Waals surface area contributed by atoms with Gasteiger partial charge in [-0.25, -0.2) is 4.39 Å². The molecular weight excluding hydrogens is 221 g/mol. The molecule has 0 radical (unpaired) electrons. The van der Waals surface area contributed by atoms with Gasteiger partial charge < -0.3 is 15.7 Å². The lowest BCUT2D eigenvalue weighted by molar-refractivity contribution is 0.301. The number of aliphatic hydroxyl groups is 1. The quantitative estimate of drug-likeness (QED) is 0.530. The molecule has 0 atom stereocenters. The van der Waals surface area contributed by atoms with Crippen LogP contribution in [0.5, 0.6) is 0 Å². The van der Waals surface area contributed by atoms with Gasteiger partial charge in [-0.05, 0) is 25.0 Å². The number of rotatable bonds is 5. The number of amidine groups is 1. The zero-order valence-corrected chi connectivity index (χ0v) is 9.49. The van der Waals surface area contributed by atoms with Crippen LogP contribution in [0.1, 0.15) is 18.4 Å². The maximum absolute atomic E-state index is 13.7. The van der Waals surface area contributed by atoms with Crippen molar-refractivity contribution in [2.45, 2.75) is 18.9 Å². The van der Waals surface area contributed by atoms with Crippen LogP contribution in [-0.4, -0.2) is 30.1 Å². The first-order valence-electron chi connectivity index (χ1n) is 5.65. The van der Waals surface area contributed by atoms with Gasteiger partial charge in [0.05, 0.1) is 17.9 Å². The molecule has 0 saturated heterocycles. The zero-order chi connectivity index (χ0) is 12.4. The highest BCUT2D eigenvalue weighted by atomic mass is 19.1. The van der Waals surface area contributed by atoms with Crippen molar-refractivity contribution >= 4 is 11.5 Å². The summed E-state index contributed by atoms with van der Waals surface area (Å²) in [7, 11) is 0. The van der Waals surface area contributed by atoms with Crippen molar-refractivity contribution in [3.63, 3.8) is 0 Å². The average molecular weight is 237 g/mol. The average Bonchev–Trinajstić information content (AvgIpc) is 3.08. The third-order valence-electron chi connectivity index (χ3n) is 2.90. The summed E-state index contributed by atoms with van der Waals surface area (Å²) in [6.45, 7) is 0.443. The fraction of sp³-hybridized carbons (Fsp3) is 0.417. The number of nitrogens with one attached hydrogen (secondary N) is 1. The monoisotopic (exact) mass is 237 g/mol. The van der Waals surface area contributed by atoms with Crippen LogP contribution in [0.4, 0.5) is 10.1 Å². The highest BCUT2D eigenvalue weighted by Gasteiger charge is 2.31. The molecule has 1 aromatic rings. The summed E-state index contributed by atoms with van der Waals surface area (Å²) in [6, 6.07) is 4.98. The zero-order valence-electron chi connectivity index (χ0n) is 9.49. The number of anilines is 1. The molecule has 0 aliphatic heterocycles. The standard InChI is InChI=1S/C12H16FN3O/c13-9-2-1-3-10(11(9)12(14)15)16(6-7-17)8-4-5-8/h1-3,8,17H,4-7H2,(H3,14,15). The van der Waals surface area contributed by atoms with Crippen molar-refractivity contribution in [2.24, 2.45) is 5.73 Å². The first-order chi connectivity index (χ1) is 8.15. The van der Waals surface area contributed by atoms with Crippen LogP contribution in [0.3, 0.4) is 0 Å². The van der Waals surface area contributed by atoms with Crippen LogP contribution in [0, 0.1) is 11.2 Å². The Morgan fingerprint density at radius 1 is 1.53 bits per heavy atom. The SMILES string of the molecule is N=C(N)c1c(F)cccc1N(CCO)C1CC1. The number of nitrogens with zero attached hydrogens (tertiary/aromatic N) is 1. The van der Waals surface area contributed by atoms with Gasteiger partial charge in [-0.3, -0.25) is 5.41 Å². The summed E-state index contributed by atoms with van der Waals surface area (Å²) in [5.41, 5.74) is 6.16. The Labute approximate surface area is 99.4 Å². The minimum Gasteiger partial charge on any atom is -0.395 e. The van der Waals surface area contributed by atoms with Gasteiger partial charge in [0, 0.05) is 12.6 Å². The molecule has 92 valence electrons. The summed E-state index contributed by atoms with van der Waals surface area (Å²) < 4.78 is 13.7. The topological polar surface area (TPSA) is 73.3 Å². The number of benzene rings is 1. The van der Waals surface area contributed by atoms with Crippen molar-refractivity contribution in [2.75, 3.05) is 18.1 Å². The first kappa shape index (κ1) is 11.9. The molecule has 4 nitrogen and oxygen atoms in total. The van der Waals surface area contributed by atoms with E-state index < -0.39 is 5.82 Å². The number of hydrogen-bond acceptors (Lipinski definition) is 3. The van der Waals surface area contributed by atoms with Gasteiger partial charge in [-0.1, -0.05) is 6.07 Å². The van der Waals surface area contributed by atoms with Crippen molar-refractivity contribution in [3.05, 3.63) is 29.6 Å². The van der Waals surface area contributed by atoms with E-state index in [1.807, 2.05) is 4.90 Å². The molecule has 1 saturated carbocycles. The van der Waals surface area contributed by atoms with Crippen molar-refractivity contribution < 1.29 is 9.50 Å². The fourth-order valence-electron chi connectivity index (χ4n) is 2.01. The van der Waals surface area contributed by atoms with E-state index in [0.29, 0.717) is 18.3 Å². The van der Waals surface area contributed by atoms with Gasteiger partial charge in [-0.2, -0.15) is 0 Å². The molecule has 2 rings (SSSR count). The van der Waals surface area contributed by atoms with Crippen molar-refractivity contribution in [3.8, 4) is 0 Å². The van der Waals surface area contributed by atoms with E-state index in [2.05, 4.69) is 0 Å². The highest BCUT2D eigenvalue weighted by molar-refractivity contribution is 6.00. The molecule has 1 aliphatic rings. The smallest absolute Gasteiger partial charge is 0.136 e. The van der Waals surface area contributed by atoms with Gasteiger partial charge in [0.2, 0.25) is 0 Å². The number of halogens is 1. The van der Waals surface area contributed by atoms with Gasteiger partial charge in [-0.15, -0.1) is 0 Å². The lowest BCUT2D eigenvalue weighted by Gasteiger charge is -2.26. The van der Waals surface area contributed by atoms with Gasteiger partial charge in [0.15, 0.2) is 0 Å². The van der Waals surface area contributed by atoms with E-state index in [-0.39, 0.29) is 18.0 Å². The van der Waals surface area contributed by atoms with Crippen LogP contribution < -0.4 is 10.6 Å². The Bertz CT molecular complexity index is 432. The second-order valence-electron chi connectivity index (χ2n) is 4.20. The summed E-state index contributed by atoms with van der Waals surface area (Å²) in [5.74, 6) is -0.764. The van der Waals surface area contributed by atoms with E-state index in [9.17, 15) is 4.39 Å². The molecular formula is C12H16FN3O. The predicted octanol–water partition coefficient (Wildman–Crippen LogP) is 1.07. The highest BCUT2D eigenvalue weighted by Crippen LogP contribution is 2.33. The van der Waals surface area contributed by atoms with Gasteiger partial charge in [0.25, 0.3) is 0 Å². The number of nitrogens with two attached hydrogens (primary N) is 1. The maximum Gasteiger partial charge on any atom is 0.136 e. The number of nitrogen functional groups attached to an aromatic ring is 1. The van der Waals surface area contributed by atoms with Crippen molar-refractivity contribution in [1.29, 1.82) is 5.41 Å². The third-order valence-corrected chi connectivity index (χ3v) is 2.90.